The van der Waals surface area contributed by atoms with Gasteiger partial charge in [0, 0.05) is 6.07 Å². The lowest BCUT2D eigenvalue weighted by Gasteiger charge is -2.41. The summed E-state index contributed by atoms with van der Waals surface area (Å²) in [5.74, 6) is -1.92. The highest BCUT2D eigenvalue weighted by molar-refractivity contribution is 6.14. The van der Waals surface area contributed by atoms with E-state index in [1.165, 1.54) is 24.1 Å². The molecule has 2 aromatic rings. The van der Waals surface area contributed by atoms with Crippen molar-refractivity contribution in [3.05, 3.63) is 58.1 Å². The minimum atomic E-state index is -1.21. The van der Waals surface area contributed by atoms with Crippen LogP contribution in [0.25, 0.3) is 0 Å². The number of benzene rings is 2. The van der Waals surface area contributed by atoms with E-state index in [-0.39, 0.29) is 17.2 Å². The molecule has 0 fully saturated rings. The minimum absolute atomic E-state index is 0.00897. The minimum Gasteiger partial charge on any atom is -0.490 e. The molecule has 0 radical (unpaired) electrons. The van der Waals surface area contributed by atoms with Crippen LogP contribution in [0.2, 0.25) is 0 Å². The molecule has 0 atom stereocenters. The van der Waals surface area contributed by atoms with E-state index < -0.39 is 34.6 Å². The van der Waals surface area contributed by atoms with Gasteiger partial charge in [0.1, 0.15) is 5.54 Å². The molecule has 2 aromatic carbocycles. The van der Waals surface area contributed by atoms with Gasteiger partial charge in [0.25, 0.3) is 5.91 Å². The predicted molar refractivity (Wildman–Crippen MR) is 107 cm³/mol. The number of nitrogens with one attached hydrogen (secondary N) is 1. The second kappa shape index (κ2) is 7.82. The Morgan fingerprint density at radius 2 is 1.90 bits per heavy atom. The summed E-state index contributed by atoms with van der Waals surface area (Å²) < 4.78 is 9.96. The number of ether oxygens (including phenoxy) is 2. The van der Waals surface area contributed by atoms with Crippen LogP contribution in [0.15, 0.2) is 42.5 Å². The van der Waals surface area contributed by atoms with Crippen LogP contribution in [-0.2, 0) is 14.3 Å². The van der Waals surface area contributed by atoms with Crippen LogP contribution < -0.4 is 15.0 Å². The molecule has 1 aliphatic rings. The summed E-state index contributed by atoms with van der Waals surface area (Å²) in [6.45, 7) is 2.50. The molecule has 0 bridgehead atoms. The molecule has 0 spiro atoms. The summed E-state index contributed by atoms with van der Waals surface area (Å²) in [7, 11) is 1.27. The molecule has 1 aliphatic heterocycles. The number of hydrogen-bond acceptors (Lipinski definition) is 7. The third-order valence-corrected chi connectivity index (χ3v) is 4.70. The molecule has 2 amide bonds. The fourth-order valence-corrected chi connectivity index (χ4v) is 3.13. The van der Waals surface area contributed by atoms with Gasteiger partial charge in [0.05, 0.1) is 29.0 Å². The van der Waals surface area contributed by atoms with Crippen molar-refractivity contribution in [3.63, 3.8) is 0 Å². The van der Waals surface area contributed by atoms with Gasteiger partial charge < -0.3 is 14.8 Å². The number of nitro benzene ring substituents is 1. The Labute approximate surface area is 171 Å². The predicted octanol–water partition coefficient (Wildman–Crippen LogP) is 2.52. The first kappa shape index (κ1) is 20.8. The van der Waals surface area contributed by atoms with Crippen molar-refractivity contribution in [1.82, 2.24) is 0 Å². The quantitative estimate of drug-likeness (QED) is 0.453. The van der Waals surface area contributed by atoms with Crippen LogP contribution in [0.5, 0.6) is 5.75 Å². The average Bonchev–Trinajstić information content (AvgIpc) is 2.72. The molecule has 3 rings (SSSR count). The number of nitrogens with zero attached hydrogens (tertiary/aromatic N) is 2. The molecular formula is C20H19N3O7. The Hall–Kier alpha value is -3.95. The molecule has 0 aromatic heterocycles. The van der Waals surface area contributed by atoms with Gasteiger partial charge in [0.15, 0.2) is 12.4 Å². The van der Waals surface area contributed by atoms with Crippen LogP contribution in [-0.4, -0.2) is 42.0 Å². The lowest BCUT2D eigenvalue weighted by Crippen LogP contribution is -2.59. The summed E-state index contributed by atoms with van der Waals surface area (Å²) >= 11 is 0. The van der Waals surface area contributed by atoms with Gasteiger partial charge in [-0.2, -0.15) is 0 Å². The van der Waals surface area contributed by atoms with E-state index in [0.717, 1.165) is 6.07 Å². The molecule has 0 unspecified atom stereocenters. The number of carbonyl (C=O) groups is 3. The summed E-state index contributed by atoms with van der Waals surface area (Å²) in [6.07, 6.45) is 0. The second-order valence-electron chi connectivity index (χ2n) is 6.98. The second-order valence-corrected chi connectivity index (χ2v) is 6.98. The monoisotopic (exact) mass is 413 g/mol. The first-order chi connectivity index (χ1) is 14.2. The van der Waals surface area contributed by atoms with Crippen molar-refractivity contribution in [1.29, 1.82) is 0 Å². The summed E-state index contributed by atoms with van der Waals surface area (Å²) in [5.41, 5.74) is -0.778. The number of methoxy groups -OCH3 is 1. The van der Waals surface area contributed by atoms with Gasteiger partial charge in [-0.3, -0.25) is 24.6 Å². The van der Waals surface area contributed by atoms with Crippen molar-refractivity contribution in [3.8, 4) is 5.75 Å². The topological polar surface area (TPSA) is 128 Å². The normalized spacial score (nSPS) is 14.4. The van der Waals surface area contributed by atoms with Gasteiger partial charge in [-0.1, -0.05) is 12.1 Å². The third kappa shape index (κ3) is 3.66. The molecule has 0 aliphatic carbocycles. The number of hydrogen-bond donors (Lipinski definition) is 1. The lowest BCUT2D eigenvalue weighted by molar-refractivity contribution is -0.385. The Morgan fingerprint density at radius 1 is 1.20 bits per heavy atom. The molecular weight excluding hydrogens is 394 g/mol. The number of carbonyl (C=O) groups excluding carboxylic acids is 3. The molecule has 0 saturated heterocycles. The van der Waals surface area contributed by atoms with Gasteiger partial charge in [0.2, 0.25) is 5.91 Å². The third-order valence-electron chi connectivity index (χ3n) is 4.70. The van der Waals surface area contributed by atoms with Gasteiger partial charge >= 0.3 is 11.7 Å². The maximum Gasteiger partial charge on any atom is 0.338 e. The number of amides is 2. The van der Waals surface area contributed by atoms with Crippen LogP contribution in [0.3, 0.4) is 0 Å². The largest absolute Gasteiger partial charge is 0.490 e. The fraction of sp³-hybridized carbons (Fsp3) is 0.250. The van der Waals surface area contributed by atoms with E-state index in [1.54, 1.807) is 38.1 Å². The molecule has 30 heavy (non-hydrogen) atoms. The van der Waals surface area contributed by atoms with Crippen molar-refractivity contribution in [2.75, 3.05) is 23.9 Å². The molecule has 10 nitrogen and oxygen atoms in total. The van der Waals surface area contributed by atoms with Crippen molar-refractivity contribution < 1.29 is 28.8 Å². The van der Waals surface area contributed by atoms with Crippen LogP contribution in [0, 0.1) is 10.1 Å². The number of para-hydroxylation sites is 2. The Balaban J connectivity index is 1.80. The number of esters is 1. The zero-order valence-electron chi connectivity index (χ0n) is 16.5. The summed E-state index contributed by atoms with van der Waals surface area (Å²) in [4.78, 5) is 49.3. The van der Waals surface area contributed by atoms with E-state index in [2.05, 4.69) is 5.32 Å². The average molecular weight is 413 g/mol. The van der Waals surface area contributed by atoms with Crippen molar-refractivity contribution in [2.24, 2.45) is 0 Å². The smallest absolute Gasteiger partial charge is 0.338 e. The van der Waals surface area contributed by atoms with Gasteiger partial charge in [-0.25, -0.2) is 4.79 Å². The van der Waals surface area contributed by atoms with Gasteiger partial charge in [-0.15, -0.1) is 0 Å². The van der Waals surface area contributed by atoms with E-state index in [9.17, 15) is 24.5 Å². The van der Waals surface area contributed by atoms with Crippen LogP contribution in [0.1, 0.15) is 24.2 Å². The molecule has 0 saturated carbocycles. The maximum absolute atomic E-state index is 12.9. The molecule has 10 heteroatoms. The highest BCUT2D eigenvalue weighted by atomic mass is 16.6. The molecule has 156 valence electrons. The van der Waals surface area contributed by atoms with E-state index in [1.807, 2.05) is 0 Å². The van der Waals surface area contributed by atoms with Crippen molar-refractivity contribution >= 4 is 34.8 Å². The first-order valence-corrected chi connectivity index (χ1v) is 8.90. The number of nitro groups is 1. The molecule has 1 N–H and O–H groups in total. The Morgan fingerprint density at radius 3 is 2.57 bits per heavy atom. The van der Waals surface area contributed by atoms with Crippen LogP contribution in [0.4, 0.5) is 17.1 Å². The Kier molecular flexibility index (Phi) is 5.41. The highest BCUT2D eigenvalue weighted by Gasteiger charge is 2.43. The number of rotatable bonds is 5. The van der Waals surface area contributed by atoms with E-state index >= 15 is 0 Å². The lowest BCUT2D eigenvalue weighted by atomic mass is 9.96. The van der Waals surface area contributed by atoms with Crippen molar-refractivity contribution in [2.45, 2.75) is 19.4 Å². The SMILES string of the molecule is COc1ccc(C(=O)OCC(=O)N2c3ccccc3NC(=O)C2(C)C)cc1[N+](=O)[O-]. The Bertz CT molecular complexity index is 1050. The summed E-state index contributed by atoms with van der Waals surface area (Å²) in [5, 5.41) is 13.9. The highest BCUT2D eigenvalue weighted by Crippen LogP contribution is 2.36. The van der Waals surface area contributed by atoms with E-state index in [4.69, 9.17) is 9.47 Å². The zero-order valence-corrected chi connectivity index (χ0v) is 16.5. The van der Waals surface area contributed by atoms with E-state index in [0.29, 0.717) is 11.4 Å². The zero-order chi connectivity index (χ0) is 22.1. The standard InChI is InChI=1S/C20H19N3O7/c1-20(2)19(26)21-13-6-4-5-7-14(13)22(20)17(24)11-30-18(25)12-8-9-16(29-3)15(10-12)23(27)28/h4-10H,11H2,1-3H3,(H,21,26). The molecule has 1 heterocycles. The number of fused-ring (bicyclic) bond motifs is 1. The maximum atomic E-state index is 12.9. The van der Waals surface area contributed by atoms with Crippen LogP contribution >= 0.6 is 0 Å². The summed E-state index contributed by atoms with van der Waals surface area (Å²) in [6, 6.07) is 10.3. The van der Waals surface area contributed by atoms with Gasteiger partial charge in [-0.05, 0) is 38.1 Å². The fourth-order valence-electron chi connectivity index (χ4n) is 3.13. The number of anilines is 2. The first-order valence-electron chi connectivity index (χ1n) is 8.90.